The summed E-state index contributed by atoms with van der Waals surface area (Å²) >= 11 is 0. The van der Waals surface area contributed by atoms with E-state index in [0.29, 0.717) is 0 Å². The fourth-order valence-corrected chi connectivity index (χ4v) is 11.3. The molecule has 304 valence electrons. The van der Waals surface area contributed by atoms with Gasteiger partial charge in [0.15, 0.2) is 0 Å². The highest BCUT2D eigenvalue weighted by molar-refractivity contribution is 6.12. The quantitative estimate of drug-likeness (QED) is 0.176. The lowest BCUT2D eigenvalue weighted by Crippen LogP contribution is -2.39. The van der Waals surface area contributed by atoms with Crippen LogP contribution in [0, 0.1) is 0 Å². The van der Waals surface area contributed by atoms with E-state index in [-0.39, 0.29) is 0 Å². The molecule has 0 saturated heterocycles. The van der Waals surface area contributed by atoms with Crippen molar-refractivity contribution < 1.29 is 4.74 Å². The maximum absolute atomic E-state index is 6.80. The molecule has 0 bridgehead atoms. The SMILES string of the molecule is c1ccc(-n2c3ccccc3c3cc(-c4ccc5c(c4)C4(c6ccccc6Oc6ccccc64)c4ccccc4N5c4ccc5c(c4)c4ccccc4n5-c4ccccc4)ccc32)cc1. The third kappa shape index (κ3) is 5.02. The lowest BCUT2D eigenvalue weighted by molar-refractivity contribution is 0.434. The minimum absolute atomic E-state index is 0.690. The van der Waals surface area contributed by atoms with Gasteiger partial charge in [-0.2, -0.15) is 0 Å². The summed E-state index contributed by atoms with van der Waals surface area (Å²) in [7, 11) is 0. The van der Waals surface area contributed by atoms with E-state index in [0.717, 1.165) is 56.6 Å². The molecular formula is C61H39N3O. The molecule has 2 aliphatic rings. The van der Waals surface area contributed by atoms with Crippen LogP contribution in [0.4, 0.5) is 17.1 Å². The number of hydrogen-bond acceptors (Lipinski definition) is 2. The van der Waals surface area contributed by atoms with E-state index < -0.39 is 5.41 Å². The summed E-state index contributed by atoms with van der Waals surface area (Å²) in [4.78, 5) is 2.49. The Kier molecular flexibility index (Phi) is 7.57. The van der Waals surface area contributed by atoms with Crippen molar-refractivity contribution >= 4 is 60.7 Å². The van der Waals surface area contributed by atoms with Gasteiger partial charge in [-0.15, -0.1) is 0 Å². The predicted molar refractivity (Wildman–Crippen MR) is 267 cm³/mol. The van der Waals surface area contributed by atoms with E-state index in [4.69, 9.17) is 4.74 Å². The van der Waals surface area contributed by atoms with Crippen LogP contribution >= 0.6 is 0 Å². The summed E-state index contributed by atoms with van der Waals surface area (Å²) in [5.74, 6) is 1.74. The number of nitrogens with zero attached hydrogens (tertiary/aromatic N) is 3. The predicted octanol–water partition coefficient (Wildman–Crippen LogP) is 15.8. The smallest absolute Gasteiger partial charge is 0.132 e. The fourth-order valence-electron chi connectivity index (χ4n) is 11.3. The van der Waals surface area contributed by atoms with Crippen LogP contribution < -0.4 is 9.64 Å². The highest BCUT2D eigenvalue weighted by Crippen LogP contribution is 2.63. The van der Waals surface area contributed by atoms with Crippen molar-refractivity contribution in [3.63, 3.8) is 0 Å². The van der Waals surface area contributed by atoms with Crippen LogP contribution in [0.2, 0.25) is 0 Å². The standard InChI is InChI=1S/C61H39N3O/c1-3-17-42(18-4-1)62-53-26-12-7-21-45(53)47-37-40(31-34-55(47)62)41-32-35-58-52(38-41)61(50-24-10-15-29-59(50)65-60-30-16-11-25-51(60)61)49-23-9-14-28-57(49)64(58)44-33-36-56-48(39-44)46-22-8-13-27-54(46)63(56)43-19-5-2-6-20-43/h1-39H. The number of aromatic nitrogens is 2. The second kappa shape index (κ2) is 13.7. The van der Waals surface area contributed by atoms with Crippen molar-refractivity contribution in [3.8, 4) is 34.0 Å². The van der Waals surface area contributed by atoms with E-state index in [9.17, 15) is 0 Å². The fraction of sp³-hybridized carbons (Fsp3) is 0.0164. The lowest BCUT2D eigenvalue weighted by Gasteiger charge is -2.48. The largest absolute Gasteiger partial charge is 0.457 e. The van der Waals surface area contributed by atoms with Gasteiger partial charge in [0.2, 0.25) is 0 Å². The van der Waals surface area contributed by atoms with Gasteiger partial charge in [-0.25, -0.2) is 0 Å². The van der Waals surface area contributed by atoms with Gasteiger partial charge in [-0.05, 0) is 119 Å². The van der Waals surface area contributed by atoms with Gasteiger partial charge in [0.1, 0.15) is 11.5 Å². The molecule has 2 aliphatic heterocycles. The van der Waals surface area contributed by atoms with E-state index in [1.807, 2.05) is 0 Å². The van der Waals surface area contributed by atoms with Crippen LogP contribution in [0.5, 0.6) is 11.5 Å². The minimum Gasteiger partial charge on any atom is -0.457 e. The molecule has 65 heavy (non-hydrogen) atoms. The van der Waals surface area contributed by atoms with E-state index in [2.05, 4.69) is 251 Å². The highest BCUT2D eigenvalue weighted by atomic mass is 16.5. The summed E-state index contributed by atoms with van der Waals surface area (Å²) in [6, 6.07) is 86.3. The van der Waals surface area contributed by atoms with Crippen molar-refractivity contribution in [2.45, 2.75) is 5.41 Å². The van der Waals surface area contributed by atoms with Gasteiger partial charge < -0.3 is 18.8 Å². The normalized spacial score (nSPS) is 13.4. The summed E-state index contributed by atoms with van der Waals surface area (Å²) in [6.07, 6.45) is 0. The van der Waals surface area contributed by atoms with Crippen LogP contribution in [0.25, 0.3) is 66.1 Å². The van der Waals surface area contributed by atoms with Crippen molar-refractivity contribution in [2.24, 2.45) is 0 Å². The number of rotatable bonds is 4. The van der Waals surface area contributed by atoms with Crippen LogP contribution in [0.15, 0.2) is 237 Å². The lowest BCUT2D eigenvalue weighted by atomic mass is 9.61. The zero-order chi connectivity index (χ0) is 42.6. The van der Waals surface area contributed by atoms with E-state index in [1.165, 1.54) is 60.3 Å². The molecule has 4 nitrogen and oxygen atoms in total. The molecular weight excluding hydrogens is 791 g/mol. The molecule has 14 rings (SSSR count). The Balaban J connectivity index is 1.05. The second-order valence-electron chi connectivity index (χ2n) is 17.2. The summed E-state index contributed by atoms with van der Waals surface area (Å²) in [5.41, 5.74) is 16.7. The Morgan fingerprint density at radius 3 is 1.40 bits per heavy atom. The maximum Gasteiger partial charge on any atom is 0.132 e. The number of para-hydroxylation sites is 7. The average Bonchev–Trinajstić information content (AvgIpc) is 3.89. The van der Waals surface area contributed by atoms with Gasteiger partial charge in [-0.3, -0.25) is 0 Å². The molecule has 0 N–H and O–H groups in total. The molecule has 0 saturated carbocycles. The number of fused-ring (bicyclic) bond motifs is 14. The van der Waals surface area contributed by atoms with Gasteiger partial charge in [0.25, 0.3) is 0 Å². The number of ether oxygens (including phenoxy) is 1. The molecule has 0 aliphatic carbocycles. The summed E-state index contributed by atoms with van der Waals surface area (Å²) < 4.78 is 11.6. The molecule has 0 unspecified atom stereocenters. The first-order valence-electron chi connectivity index (χ1n) is 22.3. The Morgan fingerprint density at radius 2 is 0.754 bits per heavy atom. The molecule has 4 heterocycles. The van der Waals surface area contributed by atoms with Crippen molar-refractivity contribution in [3.05, 3.63) is 259 Å². The van der Waals surface area contributed by atoms with Gasteiger partial charge >= 0.3 is 0 Å². The molecule has 10 aromatic carbocycles. The van der Waals surface area contributed by atoms with Crippen molar-refractivity contribution in [1.82, 2.24) is 9.13 Å². The van der Waals surface area contributed by atoms with Crippen molar-refractivity contribution in [2.75, 3.05) is 4.90 Å². The van der Waals surface area contributed by atoms with Crippen LogP contribution in [-0.2, 0) is 5.41 Å². The van der Waals surface area contributed by atoms with Crippen molar-refractivity contribution in [1.29, 1.82) is 0 Å². The first kappa shape index (κ1) is 35.9. The molecule has 12 aromatic rings. The van der Waals surface area contributed by atoms with Gasteiger partial charge in [-0.1, -0.05) is 140 Å². The average molecular weight is 830 g/mol. The minimum atomic E-state index is -0.690. The maximum atomic E-state index is 6.80. The molecule has 0 fully saturated rings. The first-order chi connectivity index (χ1) is 32.3. The zero-order valence-corrected chi connectivity index (χ0v) is 35.3. The summed E-state index contributed by atoms with van der Waals surface area (Å²) in [6.45, 7) is 0. The zero-order valence-electron chi connectivity index (χ0n) is 35.3. The molecule has 0 atom stereocenters. The Bertz CT molecular complexity index is 3830. The van der Waals surface area contributed by atoms with Crippen LogP contribution in [0.3, 0.4) is 0 Å². The first-order valence-corrected chi connectivity index (χ1v) is 22.3. The number of benzene rings is 10. The monoisotopic (exact) mass is 829 g/mol. The Labute approximate surface area is 376 Å². The number of hydrogen-bond donors (Lipinski definition) is 0. The van der Waals surface area contributed by atoms with E-state index >= 15 is 0 Å². The van der Waals surface area contributed by atoms with Crippen LogP contribution in [0.1, 0.15) is 22.3 Å². The third-order valence-electron chi connectivity index (χ3n) is 13.9. The molecule has 0 amide bonds. The van der Waals surface area contributed by atoms with Crippen LogP contribution in [-0.4, -0.2) is 9.13 Å². The van der Waals surface area contributed by atoms with Gasteiger partial charge in [0, 0.05) is 49.7 Å². The second-order valence-corrected chi connectivity index (χ2v) is 17.2. The molecule has 0 radical (unpaired) electrons. The Morgan fingerprint density at radius 1 is 0.292 bits per heavy atom. The third-order valence-corrected chi connectivity index (χ3v) is 13.9. The molecule has 2 aromatic heterocycles. The Hall–Kier alpha value is -8.60. The number of anilines is 3. The highest BCUT2D eigenvalue weighted by Gasteiger charge is 2.51. The molecule has 4 heteroatoms. The topological polar surface area (TPSA) is 22.3 Å². The van der Waals surface area contributed by atoms with E-state index in [1.54, 1.807) is 0 Å². The van der Waals surface area contributed by atoms with Gasteiger partial charge in [0.05, 0.1) is 38.9 Å². The molecule has 1 spiro atoms. The summed E-state index contributed by atoms with van der Waals surface area (Å²) in [5, 5.41) is 4.90.